The Hall–Kier alpha value is -0.990. The third-order valence-electron chi connectivity index (χ3n) is 2.09. The van der Waals surface area contributed by atoms with Gasteiger partial charge in [0.2, 0.25) is 10.0 Å². The Morgan fingerprint density at radius 3 is 2.81 bits per heavy atom. The number of nitrogens with zero attached hydrogens (tertiary/aromatic N) is 3. The molecule has 0 amide bonds. The van der Waals surface area contributed by atoms with Gasteiger partial charge in [0.15, 0.2) is 5.82 Å². The molecular formula is C8H16N4O3S. The molecule has 0 fully saturated rings. The van der Waals surface area contributed by atoms with Crippen LogP contribution in [0.4, 0.5) is 0 Å². The minimum absolute atomic E-state index is 0.233. The number of hydrogen-bond acceptors (Lipinski definition) is 5. The van der Waals surface area contributed by atoms with E-state index in [0.29, 0.717) is 12.2 Å². The van der Waals surface area contributed by atoms with Crippen LogP contribution < -0.4 is 4.72 Å². The van der Waals surface area contributed by atoms with Crippen LogP contribution in [0.5, 0.6) is 0 Å². The maximum atomic E-state index is 11.4. The first-order valence-corrected chi connectivity index (χ1v) is 6.44. The van der Waals surface area contributed by atoms with Gasteiger partial charge in [-0.05, 0) is 6.92 Å². The van der Waals surface area contributed by atoms with Gasteiger partial charge in [0, 0.05) is 20.0 Å². The number of nitrogens with one attached hydrogen (secondary N) is 1. The van der Waals surface area contributed by atoms with Crippen molar-refractivity contribution < 1.29 is 13.5 Å². The average Bonchev–Trinajstić information content (AvgIpc) is 2.62. The fourth-order valence-corrected chi connectivity index (χ4v) is 1.91. The molecule has 16 heavy (non-hydrogen) atoms. The lowest BCUT2D eigenvalue weighted by atomic mass is 10.4. The summed E-state index contributed by atoms with van der Waals surface area (Å²) in [4.78, 5) is 3.97. The highest BCUT2D eigenvalue weighted by atomic mass is 32.2. The monoisotopic (exact) mass is 248 g/mol. The molecule has 0 aliphatic carbocycles. The first-order chi connectivity index (χ1) is 7.45. The lowest BCUT2D eigenvalue weighted by molar-refractivity contribution is 0.295. The largest absolute Gasteiger partial charge is 0.395 e. The first-order valence-electron chi connectivity index (χ1n) is 4.89. The zero-order valence-electron chi connectivity index (χ0n) is 9.29. The third-order valence-corrected chi connectivity index (χ3v) is 3.90. The molecule has 8 heteroatoms. The molecule has 1 rings (SSSR count). The van der Waals surface area contributed by atoms with Crippen LogP contribution >= 0.6 is 0 Å². The van der Waals surface area contributed by atoms with Crippen LogP contribution in [0, 0.1) is 0 Å². The van der Waals surface area contributed by atoms with Crippen molar-refractivity contribution >= 4 is 10.0 Å². The maximum absolute atomic E-state index is 11.4. The zero-order valence-corrected chi connectivity index (χ0v) is 10.1. The molecule has 0 aliphatic heterocycles. The van der Waals surface area contributed by atoms with E-state index in [1.807, 2.05) is 0 Å². The van der Waals surface area contributed by atoms with Crippen LogP contribution in [0.15, 0.2) is 6.33 Å². The fraction of sp³-hybridized carbons (Fsp3) is 0.750. The van der Waals surface area contributed by atoms with Gasteiger partial charge in [0.05, 0.1) is 11.9 Å². The Labute approximate surface area is 94.6 Å². The van der Waals surface area contributed by atoms with Gasteiger partial charge in [0.1, 0.15) is 6.33 Å². The lowest BCUT2D eigenvalue weighted by Crippen LogP contribution is -2.35. The smallest absolute Gasteiger partial charge is 0.216 e. The number of aliphatic hydroxyl groups excluding tert-OH is 1. The maximum Gasteiger partial charge on any atom is 0.216 e. The number of aromatic nitrogens is 3. The Balaban J connectivity index is 2.41. The first kappa shape index (κ1) is 13.1. The summed E-state index contributed by atoms with van der Waals surface area (Å²) >= 11 is 0. The van der Waals surface area contributed by atoms with Crippen LogP contribution in [-0.4, -0.2) is 46.7 Å². The molecule has 1 atom stereocenters. The van der Waals surface area contributed by atoms with Crippen LogP contribution in [0.25, 0.3) is 0 Å². The van der Waals surface area contributed by atoms with Crippen molar-refractivity contribution in [2.75, 3.05) is 13.2 Å². The molecule has 1 aromatic rings. The molecule has 0 spiro atoms. The van der Waals surface area contributed by atoms with Crippen molar-refractivity contribution in [1.82, 2.24) is 19.5 Å². The van der Waals surface area contributed by atoms with Gasteiger partial charge in [-0.2, -0.15) is 5.10 Å². The molecule has 0 aliphatic rings. The van der Waals surface area contributed by atoms with Gasteiger partial charge in [0.25, 0.3) is 0 Å². The standard InChI is InChI=1S/C8H16N4O3S/c1-7(5-13)16(14,15)10-4-3-8-9-6-12(2)11-8/h6-7,10,13H,3-5H2,1-2H3. The molecule has 1 heterocycles. The summed E-state index contributed by atoms with van der Waals surface area (Å²) in [6, 6.07) is 0. The van der Waals surface area contributed by atoms with E-state index in [-0.39, 0.29) is 6.54 Å². The Morgan fingerprint density at radius 2 is 2.31 bits per heavy atom. The molecule has 0 radical (unpaired) electrons. The Bertz CT molecular complexity index is 428. The van der Waals surface area contributed by atoms with Gasteiger partial charge in [-0.25, -0.2) is 18.1 Å². The van der Waals surface area contributed by atoms with E-state index in [1.165, 1.54) is 6.92 Å². The van der Waals surface area contributed by atoms with Gasteiger partial charge in [-0.15, -0.1) is 0 Å². The lowest BCUT2D eigenvalue weighted by Gasteiger charge is -2.10. The van der Waals surface area contributed by atoms with Crippen LogP contribution in [-0.2, 0) is 23.5 Å². The minimum Gasteiger partial charge on any atom is -0.395 e. The van der Waals surface area contributed by atoms with Crippen LogP contribution in [0.3, 0.4) is 0 Å². The molecule has 0 bridgehead atoms. The van der Waals surface area contributed by atoms with Gasteiger partial charge in [-0.3, -0.25) is 4.68 Å². The summed E-state index contributed by atoms with van der Waals surface area (Å²) in [6.45, 7) is 1.29. The second-order valence-electron chi connectivity index (χ2n) is 3.52. The van der Waals surface area contributed by atoms with E-state index in [2.05, 4.69) is 14.8 Å². The number of rotatable bonds is 6. The Morgan fingerprint density at radius 1 is 1.62 bits per heavy atom. The van der Waals surface area contributed by atoms with Crippen molar-refractivity contribution in [2.24, 2.45) is 7.05 Å². The van der Waals surface area contributed by atoms with E-state index in [9.17, 15) is 8.42 Å². The highest BCUT2D eigenvalue weighted by molar-refractivity contribution is 7.90. The number of aliphatic hydroxyl groups is 1. The second kappa shape index (κ2) is 5.37. The van der Waals surface area contributed by atoms with E-state index in [4.69, 9.17) is 5.11 Å². The molecule has 1 unspecified atom stereocenters. The van der Waals surface area contributed by atoms with Crippen molar-refractivity contribution in [3.05, 3.63) is 12.2 Å². The Kier molecular flexibility index (Phi) is 4.39. The minimum atomic E-state index is -3.44. The highest BCUT2D eigenvalue weighted by Crippen LogP contribution is 1.97. The SMILES string of the molecule is CC(CO)S(=O)(=O)NCCc1ncn(C)n1. The summed E-state index contributed by atoms with van der Waals surface area (Å²) in [5.74, 6) is 0.585. The molecule has 1 aromatic heterocycles. The molecule has 0 saturated heterocycles. The van der Waals surface area contributed by atoms with Crippen LogP contribution in [0.1, 0.15) is 12.7 Å². The molecule has 0 aromatic carbocycles. The third kappa shape index (κ3) is 3.54. The van der Waals surface area contributed by atoms with Gasteiger partial charge < -0.3 is 5.11 Å². The summed E-state index contributed by atoms with van der Waals surface area (Å²) < 4.78 is 26.8. The van der Waals surface area contributed by atoms with Crippen molar-refractivity contribution in [1.29, 1.82) is 0 Å². The molecular weight excluding hydrogens is 232 g/mol. The average molecular weight is 248 g/mol. The number of hydrogen-bond donors (Lipinski definition) is 2. The normalized spacial score (nSPS) is 13.9. The van der Waals surface area contributed by atoms with Crippen molar-refractivity contribution in [3.8, 4) is 0 Å². The zero-order chi connectivity index (χ0) is 12.2. The fourth-order valence-electron chi connectivity index (χ4n) is 1.04. The second-order valence-corrected chi connectivity index (χ2v) is 5.70. The quantitative estimate of drug-likeness (QED) is 0.649. The topological polar surface area (TPSA) is 97.1 Å². The predicted octanol–water partition coefficient (Wildman–Crippen LogP) is -1.34. The van der Waals surface area contributed by atoms with E-state index >= 15 is 0 Å². The van der Waals surface area contributed by atoms with E-state index in [0.717, 1.165) is 0 Å². The highest BCUT2D eigenvalue weighted by Gasteiger charge is 2.18. The summed E-state index contributed by atoms with van der Waals surface area (Å²) in [5, 5.41) is 12.0. The predicted molar refractivity (Wildman–Crippen MR) is 58.2 cm³/mol. The number of sulfonamides is 1. The van der Waals surface area contributed by atoms with E-state index in [1.54, 1.807) is 18.1 Å². The van der Waals surface area contributed by atoms with Crippen molar-refractivity contribution in [2.45, 2.75) is 18.6 Å². The van der Waals surface area contributed by atoms with E-state index < -0.39 is 21.9 Å². The molecule has 7 nitrogen and oxygen atoms in total. The molecule has 2 N–H and O–H groups in total. The molecule has 0 saturated carbocycles. The molecule has 92 valence electrons. The van der Waals surface area contributed by atoms with Gasteiger partial charge in [-0.1, -0.05) is 0 Å². The van der Waals surface area contributed by atoms with Crippen molar-refractivity contribution in [3.63, 3.8) is 0 Å². The van der Waals surface area contributed by atoms with Gasteiger partial charge >= 0.3 is 0 Å². The summed E-state index contributed by atoms with van der Waals surface area (Å²) in [6.07, 6.45) is 1.98. The number of aryl methyl sites for hydroxylation is 1. The summed E-state index contributed by atoms with van der Waals surface area (Å²) in [5.41, 5.74) is 0. The summed E-state index contributed by atoms with van der Waals surface area (Å²) in [7, 11) is -1.69. The van der Waals surface area contributed by atoms with Crippen LogP contribution in [0.2, 0.25) is 0 Å².